The number of rotatable bonds is 7. The molecule has 10 nitrogen and oxygen atoms in total. The molecule has 0 aliphatic heterocycles. The Morgan fingerprint density at radius 1 is 1.13 bits per heavy atom. The predicted molar refractivity (Wildman–Crippen MR) is 114 cm³/mol. The molecule has 31 heavy (non-hydrogen) atoms. The number of nitrogens with one attached hydrogen (secondary N) is 1. The maximum absolute atomic E-state index is 12.7. The van der Waals surface area contributed by atoms with Gasteiger partial charge in [-0.3, -0.25) is 4.72 Å². The van der Waals surface area contributed by atoms with Crippen LogP contribution in [0.3, 0.4) is 0 Å². The third kappa shape index (κ3) is 4.56. The van der Waals surface area contributed by atoms with E-state index in [2.05, 4.69) is 24.8 Å². The second-order valence-corrected chi connectivity index (χ2v) is 8.73. The van der Waals surface area contributed by atoms with Crippen LogP contribution < -0.4 is 9.46 Å². The number of aromatic nitrogens is 6. The third-order valence-electron chi connectivity index (χ3n) is 4.38. The Hall–Kier alpha value is -3.73. The van der Waals surface area contributed by atoms with Crippen molar-refractivity contribution >= 4 is 15.7 Å². The molecule has 0 radical (unpaired) electrons. The number of aryl methyl sites for hydroxylation is 1. The molecule has 0 saturated heterocycles. The number of anilines is 1. The third-order valence-corrected chi connectivity index (χ3v) is 5.63. The number of nitrogens with zero attached hydrogens (tertiary/aromatic N) is 6. The van der Waals surface area contributed by atoms with Crippen molar-refractivity contribution in [3.63, 3.8) is 0 Å². The molecule has 4 aromatic rings. The highest BCUT2D eigenvalue weighted by Gasteiger charge is 2.21. The van der Waals surface area contributed by atoms with Crippen molar-refractivity contribution in [1.29, 1.82) is 0 Å². The van der Waals surface area contributed by atoms with E-state index >= 15 is 0 Å². The van der Waals surface area contributed by atoms with Gasteiger partial charge in [-0.25, -0.2) is 19.6 Å². The number of hydrogen-bond acceptors (Lipinski definition) is 7. The minimum absolute atomic E-state index is 0.0221. The second-order valence-electron chi connectivity index (χ2n) is 7.10. The van der Waals surface area contributed by atoms with Crippen molar-refractivity contribution in [2.24, 2.45) is 7.05 Å². The lowest BCUT2D eigenvalue weighted by Crippen LogP contribution is -2.13. The molecule has 1 aromatic carbocycles. The number of ether oxygens (including phenoxy) is 1. The van der Waals surface area contributed by atoms with Crippen molar-refractivity contribution in [1.82, 2.24) is 29.3 Å². The van der Waals surface area contributed by atoms with E-state index in [1.165, 1.54) is 12.5 Å². The summed E-state index contributed by atoms with van der Waals surface area (Å²) >= 11 is 0. The van der Waals surface area contributed by atoms with Crippen LogP contribution in [-0.2, 0) is 17.1 Å². The van der Waals surface area contributed by atoms with Gasteiger partial charge in [-0.05, 0) is 30.3 Å². The molecule has 1 N–H and O–H groups in total. The lowest BCUT2D eigenvalue weighted by atomic mass is 10.2. The first-order chi connectivity index (χ1) is 14.8. The fraction of sp³-hybridized carbons (Fsp3) is 0.200. The van der Waals surface area contributed by atoms with Gasteiger partial charge in [0.25, 0.3) is 10.0 Å². The Morgan fingerprint density at radius 2 is 1.90 bits per heavy atom. The Morgan fingerprint density at radius 3 is 2.55 bits per heavy atom. The fourth-order valence-corrected chi connectivity index (χ4v) is 4.01. The average molecular weight is 440 g/mol. The van der Waals surface area contributed by atoms with Crippen LogP contribution in [0.15, 0.2) is 66.3 Å². The van der Waals surface area contributed by atoms with Crippen LogP contribution >= 0.6 is 0 Å². The van der Waals surface area contributed by atoms with Crippen LogP contribution in [0.4, 0.5) is 5.69 Å². The van der Waals surface area contributed by atoms with Gasteiger partial charge in [0.15, 0.2) is 10.8 Å². The molecule has 0 amide bonds. The van der Waals surface area contributed by atoms with E-state index in [1.54, 1.807) is 65.1 Å². The summed E-state index contributed by atoms with van der Waals surface area (Å²) in [5, 5.41) is 4.10. The van der Waals surface area contributed by atoms with Gasteiger partial charge in [0.05, 0.1) is 0 Å². The number of hydrogen-bond donors (Lipinski definition) is 1. The van der Waals surface area contributed by atoms with Crippen LogP contribution in [0.5, 0.6) is 11.6 Å². The highest BCUT2D eigenvalue weighted by Crippen LogP contribution is 2.24. The second kappa shape index (κ2) is 8.19. The Bertz CT molecular complexity index is 1280. The van der Waals surface area contributed by atoms with E-state index in [0.717, 1.165) is 0 Å². The van der Waals surface area contributed by atoms with E-state index in [4.69, 9.17) is 4.74 Å². The van der Waals surface area contributed by atoms with Gasteiger partial charge in [-0.2, -0.15) is 13.5 Å². The highest BCUT2D eigenvalue weighted by atomic mass is 32.2. The van der Waals surface area contributed by atoms with Crippen LogP contribution in [0, 0.1) is 0 Å². The summed E-state index contributed by atoms with van der Waals surface area (Å²) in [6.07, 6.45) is 6.30. The molecule has 0 bridgehead atoms. The summed E-state index contributed by atoms with van der Waals surface area (Å²) in [4.78, 5) is 12.5. The summed E-state index contributed by atoms with van der Waals surface area (Å²) in [6, 6.07) is 9.94. The van der Waals surface area contributed by atoms with E-state index in [9.17, 15) is 8.42 Å². The normalized spacial score (nSPS) is 11.6. The Labute approximate surface area is 179 Å². The minimum atomic E-state index is -3.80. The van der Waals surface area contributed by atoms with Crippen LogP contribution in [0.1, 0.15) is 25.6 Å². The summed E-state index contributed by atoms with van der Waals surface area (Å²) in [6.45, 7) is 3.92. The van der Waals surface area contributed by atoms with Crippen molar-refractivity contribution < 1.29 is 13.2 Å². The monoisotopic (exact) mass is 439 g/mol. The van der Waals surface area contributed by atoms with Gasteiger partial charge in [-0.1, -0.05) is 13.8 Å². The topological polar surface area (TPSA) is 117 Å². The largest absolute Gasteiger partial charge is 0.439 e. The molecule has 0 saturated carbocycles. The quantitative estimate of drug-likeness (QED) is 0.470. The van der Waals surface area contributed by atoms with Gasteiger partial charge in [0.2, 0.25) is 5.88 Å². The zero-order valence-corrected chi connectivity index (χ0v) is 18.0. The summed E-state index contributed by atoms with van der Waals surface area (Å²) in [7, 11) is -2.03. The van der Waals surface area contributed by atoms with Gasteiger partial charge in [-0.15, -0.1) is 0 Å². The zero-order valence-electron chi connectivity index (χ0n) is 17.2. The molecule has 0 fully saturated rings. The van der Waals surface area contributed by atoms with Gasteiger partial charge >= 0.3 is 0 Å². The van der Waals surface area contributed by atoms with E-state index < -0.39 is 10.0 Å². The van der Waals surface area contributed by atoms with Gasteiger partial charge in [0.1, 0.15) is 17.9 Å². The molecule has 0 aliphatic rings. The summed E-state index contributed by atoms with van der Waals surface area (Å²) < 4.78 is 36.9. The molecule has 0 unspecified atom stereocenters. The van der Waals surface area contributed by atoms with Crippen LogP contribution in [0.25, 0.3) is 5.82 Å². The first-order valence-electron chi connectivity index (χ1n) is 9.48. The van der Waals surface area contributed by atoms with E-state index in [1.807, 2.05) is 13.8 Å². The summed E-state index contributed by atoms with van der Waals surface area (Å²) in [5.74, 6) is 2.21. The molecule has 3 aromatic heterocycles. The Kier molecular flexibility index (Phi) is 5.42. The lowest BCUT2D eigenvalue weighted by Gasteiger charge is -2.08. The van der Waals surface area contributed by atoms with Crippen LogP contribution in [0.2, 0.25) is 0 Å². The number of benzene rings is 1. The van der Waals surface area contributed by atoms with E-state index in [-0.39, 0.29) is 10.9 Å². The van der Waals surface area contributed by atoms with Crippen molar-refractivity contribution in [2.75, 3.05) is 4.72 Å². The lowest BCUT2D eigenvalue weighted by molar-refractivity contribution is 0.460. The highest BCUT2D eigenvalue weighted by molar-refractivity contribution is 7.92. The standard InChI is InChI=1S/C20H21N7O3S/c1-14(2)20-24-19(12-26(20)3)31(28,29)25-15-5-7-16(8-6-15)30-18-11-17(21-13-22-18)27-10-4-9-23-27/h4-14,25H,1-3H3. The van der Waals surface area contributed by atoms with Gasteiger partial charge < -0.3 is 9.30 Å². The zero-order chi connectivity index (χ0) is 22.0. The predicted octanol–water partition coefficient (Wildman–Crippen LogP) is 3.11. The minimum Gasteiger partial charge on any atom is -0.439 e. The number of imidazole rings is 1. The molecule has 0 atom stereocenters. The van der Waals surface area contributed by atoms with Crippen molar-refractivity contribution in [3.8, 4) is 17.4 Å². The first kappa shape index (κ1) is 20.5. The maximum Gasteiger partial charge on any atom is 0.280 e. The van der Waals surface area contributed by atoms with Crippen LogP contribution in [-0.4, -0.2) is 37.7 Å². The smallest absolute Gasteiger partial charge is 0.280 e. The first-order valence-corrected chi connectivity index (χ1v) is 11.0. The molecule has 160 valence electrons. The molecule has 0 spiro atoms. The van der Waals surface area contributed by atoms with Crippen molar-refractivity contribution in [3.05, 3.63) is 67.1 Å². The molecule has 3 heterocycles. The summed E-state index contributed by atoms with van der Waals surface area (Å²) in [5.41, 5.74) is 0.393. The molecular formula is C20H21N7O3S. The van der Waals surface area contributed by atoms with Gasteiger partial charge in [0, 0.05) is 43.3 Å². The molecule has 0 aliphatic carbocycles. The molecule has 11 heteroatoms. The van der Waals surface area contributed by atoms with E-state index in [0.29, 0.717) is 29.0 Å². The fourth-order valence-electron chi connectivity index (χ4n) is 2.95. The Balaban J connectivity index is 1.47. The van der Waals surface area contributed by atoms with Crippen molar-refractivity contribution in [2.45, 2.75) is 24.8 Å². The number of sulfonamides is 1. The SMILES string of the molecule is CC(C)c1nc(S(=O)(=O)Nc2ccc(Oc3cc(-n4cccn4)ncn3)cc2)cn1C. The molecule has 4 rings (SSSR count). The average Bonchev–Trinajstić information content (AvgIpc) is 3.40. The molecular weight excluding hydrogens is 418 g/mol. The maximum atomic E-state index is 12.7.